The van der Waals surface area contributed by atoms with Gasteiger partial charge in [0.1, 0.15) is 11.5 Å². The molecule has 2 aromatic rings. The van der Waals surface area contributed by atoms with Crippen molar-refractivity contribution < 1.29 is 32.0 Å². The first-order valence-corrected chi connectivity index (χ1v) is 10.6. The summed E-state index contributed by atoms with van der Waals surface area (Å²) in [6.45, 7) is 2.55. The molecule has 1 fully saturated rings. The van der Waals surface area contributed by atoms with Crippen molar-refractivity contribution in [1.82, 2.24) is 5.32 Å². The number of carbonyl (C=O) groups excluding carboxylic acids is 1. The van der Waals surface area contributed by atoms with Crippen molar-refractivity contribution in [2.45, 2.75) is 44.1 Å². The topological polar surface area (TPSA) is 73.1 Å². The molecule has 1 aromatic carbocycles. The van der Waals surface area contributed by atoms with Gasteiger partial charge in [-0.05, 0) is 44.0 Å². The molecule has 1 amide bonds. The third kappa shape index (κ3) is 4.33. The Morgan fingerprint density at radius 1 is 1.25 bits per heavy atom. The van der Waals surface area contributed by atoms with Gasteiger partial charge in [0.05, 0.1) is 18.1 Å². The van der Waals surface area contributed by atoms with Gasteiger partial charge in [-0.2, -0.15) is 13.2 Å². The first-order chi connectivity index (χ1) is 15.1. The number of hydrogen-bond acceptors (Lipinski definition) is 5. The number of nitrogens with zero attached hydrogens (tertiary/aromatic N) is 1. The lowest BCUT2D eigenvalue weighted by atomic mass is 9.87. The van der Waals surface area contributed by atoms with E-state index in [2.05, 4.69) is 10.5 Å². The smallest absolute Gasteiger partial charge is 0.435 e. The molecule has 0 saturated carbocycles. The van der Waals surface area contributed by atoms with Gasteiger partial charge in [-0.25, -0.2) is 0 Å². The zero-order valence-electron chi connectivity index (χ0n) is 16.9. The summed E-state index contributed by atoms with van der Waals surface area (Å²) in [5.74, 6) is -0.136. The second-order valence-corrected chi connectivity index (χ2v) is 8.59. The molecule has 0 aliphatic carbocycles. The van der Waals surface area contributed by atoms with Gasteiger partial charge in [-0.1, -0.05) is 28.4 Å². The fourth-order valence-electron chi connectivity index (χ4n) is 3.78. The van der Waals surface area contributed by atoms with E-state index in [0.717, 1.165) is 25.0 Å². The largest absolute Gasteiger partial charge is 0.459 e. The first kappa shape index (κ1) is 22.9. The van der Waals surface area contributed by atoms with Crippen LogP contribution < -0.4 is 5.32 Å². The summed E-state index contributed by atoms with van der Waals surface area (Å²) >= 11 is 11.8. The summed E-state index contributed by atoms with van der Waals surface area (Å²) < 4.78 is 53.4. The second kappa shape index (κ2) is 8.61. The van der Waals surface area contributed by atoms with Crippen molar-refractivity contribution in [2.24, 2.45) is 5.16 Å². The van der Waals surface area contributed by atoms with Crippen LogP contribution in [0.5, 0.6) is 0 Å². The molecule has 32 heavy (non-hydrogen) atoms. The minimum absolute atomic E-state index is 0.0176. The van der Waals surface area contributed by atoms with Gasteiger partial charge in [-0.15, -0.1) is 0 Å². The van der Waals surface area contributed by atoms with Crippen LogP contribution in [0.4, 0.5) is 13.2 Å². The van der Waals surface area contributed by atoms with Gasteiger partial charge in [0.2, 0.25) is 0 Å². The maximum Gasteiger partial charge on any atom is 0.435 e. The number of benzene rings is 1. The molecule has 172 valence electrons. The van der Waals surface area contributed by atoms with E-state index in [-0.39, 0.29) is 44.5 Å². The molecule has 2 aliphatic rings. The van der Waals surface area contributed by atoms with Crippen molar-refractivity contribution in [2.75, 3.05) is 13.2 Å². The van der Waals surface area contributed by atoms with Crippen molar-refractivity contribution in [3.8, 4) is 0 Å². The number of rotatable bonds is 5. The molecule has 6 nitrogen and oxygen atoms in total. The predicted octanol–water partition coefficient (Wildman–Crippen LogP) is 5.39. The SMILES string of the molecule is Cc1oc(C2=NOC(c3cc(Cl)cc(Cl)c3)(C(F)(F)F)C2)cc1C(=O)NCC1CCCO1. The van der Waals surface area contributed by atoms with Crippen LogP contribution in [0, 0.1) is 6.92 Å². The highest BCUT2D eigenvalue weighted by Gasteiger charge is 2.62. The normalized spacial score (nSPS) is 23.2. The third-order valence-electron chi connectivity index (χ3n) is 5.48. The monoisotopic (exact) mass is 490 g/mol. The quantitative estimate of drug-likeness (QED) is 0.609. The van der Waals surface area contributed by atoms with E-state index in [0.29, 0.717) is 13.2 Å². The number of carbonyl (C=O) groups is 1. The number of halogens is 5. The summed E-state index contributed by atoms with van der Waals surface area (Å²) in [5, 5.41) is 6.48. The van der Waals surface area contributed by atoms with E-state index in [9.17, 15) is 18.0 Å². The molecule has 3 heterocycles. The molecular formula is C21H19Cl2F3N2O4. The Labute approximate surface area is 191 Å². The molecule has 0 radical (unpaired) electrons. The molecule has 0 spiro atoms. The second-order valence-electron chi connectivity index (χ2n) is 7.71. The van der Waals surface area contributed by atoms with Gasteiger partial charge in [0.25, 0.3) is 11.5 Å². The maximum atomic E-state index is 14.1. The number of hydrogen-bond donors (Lipinski definition) is 1. The minimum atomic E-state index is -4.82. The Bertz CT molecular complexity index is 1040. The van der Waals surface area contributed by atoms with Crippen molar-refractivity contribution >= 4 is 34.8 Å². The maximum absolute atomic E-state index is 14.1. The molecule has 11 heteroatoms. The number of oxime groups is 1. The first-order valence-electron chi connectivity index (χ1n) is 9.88. The van der Waals surface area contributed by atoms with Crippen molar-refractivity contribution in [3.05, 3.63) is 57.0 Å². The molecule has 1 saturated heterocycles. The summed E-state index contributed by atoms with van der Waals surface area (Å²) in [4.78, 5) is 17.5. The van der Waals surface area contributed by atoms with Crippen LogP contribution in [-0.2, 0) is 15.2 Å². The van der Waals surface area contributed by atoms with Gasteiger partial charge >= 0.3 is 6.18 Å². The number of furan rings is 1. The summed E-state index contributed by atoms with van der Waals surface area (Å²) in [6, 6.07) is 4.96. The Balaban J connectivity index is 1.56. The lowest BCUT2D eigenvalue weighted by molar-refractivity contribution is -0.275. The minimum Gasteiger partial charge on any atom is -0.459 e. The zero-order chi connectivity index (χ0) is 23.1. The molecular weight excluding hydrogens is 472 g/mol. The van der Waals surface area contributed by atoms with E-state index >= 15 is 0 Å². The fourth-order valence-corrected chi connectivity index (χ4v) is 4.31. The molecule has 1 aromatic heterocycles. The van der Waals surface area contributed by atoms with Crippen LogP contribution in [-0.4, -0.2) is 37.1 Å². The summed E-state index contributed by atoms with van der Waals surface area (Å²) in [5.41, 5.74) is -2.94. The molecule has 2 aliphatic heterocycles. The van der Waals surface area contributed by atoms with Gasteiger partial charge < -0.3 is 19.3 Å². The van der Waals surface area contributed by atoms with E-state index in [1.165, 1.54) is 12.1 Å². The standard InChI is InChI=1S/C21H19Cl2F3N2O4/c1-11-16(19(29)27-10-15-3-2-4-30-15)8-18(31-11)17-9-20(32-28-17,21(24,25)26)12-5-13(22)7-14(23)6-12/h5-8,15H,2-4,9-10H2,1H3,(H,27,29). The lowest BCUT2D eigenvalue weighted by Crippen LogP contribution is -2.42. The van der Waals surface area contributed by atoms with Gasteiger partial charge in [-0.3, -0.25) is 4.79 Å². The fraction of sp³-hybridized carbons (Fsp3) is 0.429. The van der Waals surface area contributed by atoms with E-state index in [1.807, 2.05) is 0 Å². The van der Waals surface area contributed by atoms with E-state index in [4.69, 9.17) is 37.2 Å². The zero-order valence-corrected chi connectivity index (χ0v) is 18.4. The Hall–Kier alpha value is -2.23. The summed E-state index contributed by atoms with van der Waals surface area (Å²) in [7, 11) is 0. The predicted molar refractivity (Wildman–Crippen MR) is 111 cm³/mol. The van der Waals surface area contributed by atoms with Crippen molar-refractivity contribution in [1.29, 1.82) is 0 Å². The van der Waals surface area contributed by atoms with Gasteiger partial charge in [0, 0.05) is 28.8 Å². The number of nitrogens with one attached hydrogen (secondary N) is 1. The van der Waals surface area contributed by atoms with Crippen LogP contribution in [0.25, 0.3) is 0 Å². The van der Waals surface area contributed by atoms with Crippen LogP contribution in [0.3, 0.4) is 0 Å². The average Bonchev–Trinajstić information content (AvgIpc) is 3.44. The molecule has 2 unspecified atom stereocenters. The van der Waals surface area contributed by atoms with Gasteiger partial charge in [0.15, 0.2) is 5.76 Å². The van der Waals surface area contributed by atoms with Crippen LogP contribution in [0.2, 0.25) is 10.0 Å². The van der Waals surface area contributed by atoms with Crippen LogP contribution in [0.1, 0.15) is 46.7 Å². The Morgan fingerprint density at radius 2 is 1.97 bits per heavy atom. The Morgan fingerprint density at radius 3 is 2.59 bits per heavy atom. The van der Waals surface area contributed by atoms with Crippen LogP contribution in [0.15, 0.2) is 33.8 Å². The molecule has 1 N–H and O–H groups in total. The van der Waals surface area contributed by atoms with E-state index in [1.54, 1.807) is 6.92 Å². The highest BCUT2D eigenvalue weighted by molar-refractivity contribution is 6.34. The highest BCUT2D eigenvalue weighted by Crippen LogP contribution is 2.49. The van der Waals surface area contributed by atoms with E-state index < -0.39 is 24.1 Å². The molecule has 0 bridgehead atoms. The lowest BCUT2D eigenvalue weighted by Gasteiger charge is -2.29. The highest BCUT2D eigenvalue weighted by atomic mass is 35.5. The number of aryl methyl sites for hydroxylation is 1. The number of alkyl halides is 3. The molecule has 4 rings (SSSR count). The Kier molecular flexibility index (Phi) is 6.17. The van der Waals surface area contributed by atoms with Crippen molar-refractivity contribution in [3.63, 3.8) is 0 Å². The average molecular weight is 491 g/mol. The third-order valence-corrected chi connectivity index (χ3v) is 5.91. The molecule has 2 atom stereocenters. The number of amides is 1. The number of ether oxygens (including phenoxy) is 1. The van der Waals surface area contributed by atoms with Crippen LogP contribution >= 0.6 is 23.2 Å². The summed E-state index contributed by atoms with van der Waals surface area (Å²) in [6.07, 6.45) is -3.74.